The Morgan fingerprint density at radius 1 is 1.14 bits per heavy atom. The molecule has 148 valence electrons. The molecule has 1 N–H and O–H groups in total. The molecule has 1 aliphatic rings. The number of hydrogen-bond acceptors (Lipinski definition) is 6. The summed E-state index contributed by atoms with van der Waals surface area (Å²) in [5.74, 6) is 0.681. The van der Waals surface area contributed by atoms with Crippen molar-refractivity contribution >= 4 is 21.6 Å². The molecule has 0 saturated carbocycles. The van der Waals surface area contributed by atoms with E-state index in [1.165, 1.54) is 5.56 Å². The third-order valence-corrected chi connectivity index (χ3v) is 6.40. The predicted octanol–water partition coefficient (Wildman–Crippen LogP) is 3.11. The van der Waals surface area contributed by atoms with Crippen molar-refractivity contribution in [1.29, 1.82) is 0 Å². The molecule has 0 spiro atoms. The third kappa shape index (κ3) is 3.51. The lowest BCUT2D eigenvalue weighted by Crippen LogP contribution is -2.27. The Morgan fingerprint density at radius 2 is 1.79 bits per heavy atom. The maximum atomic E-state index is 12.9. The number of hydrogen-bond donors (Lipinski definition) is 1. The van der Waals surface area contributed by atoms with E-state index in [4.69, 9.17) is 14.5 Å². The first-order valence-electron chi connectivity index (χ1n) is 9.37. The van der Waals surface area contributed by atoms with E-state index in [0.29, 0.717) is 17.8 Å². The summed E-state index contributed by atoms with van der Waals surface area (Å²) < 4.78 is 11.0. The van der Waals surface area contributed by atoms with Crippen LogP contribution in [0.15, 0.2) is 29.1 Å². The van der Waals surface area contributed by atoms with Crippen molar-refractivity contribution in [2.24, 2.45) is 0 Å². The van der Waals surface area contributed by atoms with E-state index in [1.807, 2.05) is 6.92 Å². The van der Waals surface area contributed by atoms with Gasteiger partial charge in [0.25, 0.3) is 5.56 Å². The summed E-state index contributed by atoms with van der Waals surface area (Å²) in [6.07, 6.45) is 0.0788. The quantitative estimate of drug-likeness (QED) is 0.714. The Kier molecular flexibility index (Phi) is 5.33. The lowest BCUT2D eigenvalue weighted by Gasteiger charge is -2.14. The van der Waals surface area contributed by atoms with E-state index < -0.39 is 0 Å². The Labute approximate surface area is 168 Å². The van der Waals surface area contributed by atoms with Crippen LogP contribution in [0.25, 0.3) is 21.3 Å². The predicted molar refractivity (Wildman–Crippen MR) is 112 cm³/mol. The van der Waals surface area contributed by atoms with Crippen LogP contribution in [0.4, 0.5) is 0 Å². The SMILES string of the molecule is CO[C@H]1CN(Cc2nc3sc(C)c(-c4ccc(C)cc4)c3c(=O)[nH]2)C[C@H]1OC. The number of methoxy groups -OCH3 is 2. The number of benzene rings is 1. The van der Waals surface area contributed by atoms with Crippen molar-refractivity contribution in [3.63, 3.8) is 0 Å². The van der Waals surface area contributed by atoms with Gasteiger partial charge >= 0.3 is 0 Å². The van der Waals surface area contributed by atoms with Gasteiger partial charge in [-0.2, -0.15) is 0 Å². The van der Waals surface area contributed by atoms with Gasteiger partial charge in [0, 0.05) is 37.7 Å². The van der Waals surface area contributed by atoms with Gasteiger partial charge in [0.15, 0.2) is 0 Å². The van der Waals surface area contributed by atoms with E-state index in [1.54, 1.807) is 25.6 Å². The lowest BCUT2D eigenvalue weighted by molar-refractivity contribution is -0.00461. The van der Waals surface area contributed by atoms with Crippen molar-refractivity contribution < 1.29 is 9.47 Å². The van der Waals surface area contributed by atoms with E-state index in [0.717, 1.165) is 33.9 Å². The van der Waals surface area contributed by atoms with Crippen LogP contribution < -0.4 is 5.56 Å². The Hall–Kier alpha value is -2.06. The number of rotatable bonds is 5. The minimum absolute atomic E-state index is 0.0394. The number of nitrogens with zero attached hydrogens (tertiary/aromatic N) is 2. The first-order chi connectivity index (χ1) is 13.5. The van der Waals surface area contributed by atoms with Crippen molar-refractivity contribution in [3.8, 4) is 11.1 Å². The topological polar surface area (TPSA) is 67.5 Å². The summed E-state index contributed by atoms with van der Waals surface area (Å²) >= 11 is 1.58. The number of aromatic amines is 1. The van der Waals surface area contributed by atoms with Crippen LogP contribution in [0.1, 0.15) is 16.3 Å². The van der Waals surface area contributed by atoms with E-state index >= 15 is 0 Å². The first kappa shape index (κ1) is 19.3. The number of ether oxygens (including phenoxy) is 2. The minimum Gasteiger partial charge on any atom is -0.377 e. The molecule has 7 heteroatoms. The number of nitrogens with one attached hydrogen (secondary N) is 1. The summed E-state index contributed by atoms with van der Waals surface area (Å²) in [4.78, 5) is 24.8. The molecule has 0 bridgehead atoms. The van der Waals surface area contributed by atoms with Crippen LogP contribution in [0.5, 0.6) is 0 Å². The number of thiophene rings is 1. The third-order valence-electron chi connectivity index (χ3n) is 5.40. The molecule has 28 heavy (non-hydrogen) atoms. The smallest absolute Gasteiger partial charge is 0.260 e. The highest BCUT2D eigenvalue weighted by molar-refractivity contribution is 7.19. The highest BCUT2D eigenvalue weighted by Crippen LogP contribution is 2.35. The van der Waals surface area contributed by atoms with Crippen LogP contribution in [0.3, 0.4) is 0 Å². The highest BCUT2D eigenvalue weighted by atomic mass is 32.1. The van der Waals surface area contributed by atoms with E-state index in [9.17, 15) is 4.79 Å². The van der Waals surface area contributed by atoms with E-state index in [-0.39, 0.29) is 17.8 Å². The van der Waals surface area contributed by atoms with Crippen molar-refractivity contribution in [2.45, 2.75) is 32.6 Å². The van der Waals surface area contributed by atoms with Crippen molar-refractivity contribution in [3.05, 3.63) is 50.9 Å². The van der Waals surface area contributed by atoms with Crippen LogP contribution in [-0.4, -0.2) is 54.4 Å². The van der Waals surface area contributed by atoms with Gasteiger partial charge in [-0.3, -0.25) is 9.69 Å². The molecule has 0 amide bonds. The largest absolute Gasteiger partial charge is 0.377 e. The van der Waals surface area contributed by atoms with Crippen LogP contribution >= 0.6 is 11.3 Å². The molecule has 0 unspecified atom stereocenters. The number of fused-ring (bicyclic) bond motifs is 1. The number of aromatic nitrogens is 2. The fraction of sp³-hybridized carbons (Fsp3) is 0.429. The van der Waals surface area contributed by atoms with Gasteiger partial charge in [-0.05, 0) is 19.4 Å². The van der Waals surface area contributed by atoms with Gasteiger partial charge in [-0.1, -0.05) is 29.8 Å². The second-order valence-electron chi connectivity index (χ2n) is 7.33. The van der Waals surface area contributed by atoms with Crippen molar-refractivity contribution in [1.82, 2.24) is 14.9 Å². The number of H-pyrrole nitrogens is 1. The zero-order valence-corrected chi connectivity index (χ0v) is 17.4. The number of aryl methyl sites for hydroxylation is 2. The molecule has 1 saturated heterocycles. The van der Waals surface area contributed by atoms with Gasteiger partial charge in [-0.25, -0.2) is 4.98 Å². The standard InChI is InChI=1S/C21H25N3O3S/c1-12-5-7-14(8-6-12)18-13(2)28-21-19(18)20(25)22-17(23-21)11-24-9-15(26-3)16(10-24)27-4/h5-8,15-16H,9-11H2,1-4H3,(H,22,23,25)/t15-,16+. The average Bonchev–Trinajstić information content (AvgIpc) is 3.22. The lowest BCUT2D eigenvalue weighted by atomic mass is 10.0. The molecule has 0 radical (unpaired) electrons. The molecule has 6 nitrogen and oxygen atoms in total. The second kappa shape index (κ2) is 7.75. The van der Waals surface area contributed by atoms with Gasteiger partial charge in [0.2, 0.25) is 0 Å². The van der Waals surface area contributed by atoms with Gasteiger partial charge in [0.1, 0.15) is 10.7 Å². The molecule has 0 aliphatic carbocycles. The van der Waals surface area contributed by atoms with Crippen molar-refractivity contribution in [2.75, 3.05) is 27.3 Å². The fourth-order valence-electron chi connectivity index (χ4n) is 3.92. The summed E-state index contributed by atoms with van der Waals surface area (Å²) in [5.41, 5.74) is 3.16. The molecule has 4 rings (SSSR count). The summed E-state index contributed by atoms with van der Waals surface area (Å²) in [6.45, 7) is 6.20. The average molecular weight is 400 g/mol. The molecular formula is C21H25N3O3S. The molecule has 1 aliphatic heterocycles. The summed E-state index contributed by atoms with van der Waals surface area (Å²) in [7, 11) is 3.40. The zero-order chi connectivity index (χ0) is 19.8. The van der Waals surface area contributed by atoms with E-state index in [2.05, 4.69) is 41.1 Å². The zero-order valence-electron chi connectivity index (χ0n) is 16.6. The van der Waals surface area contributed by atoms with Gasteiger partial charge in [-0.15, -0.1) is 11.3 Å². The van der Waals surface area contributed by atoms with Crippen LogP contribution in [0, 0.1) is 13.8 Å². The van der Waals surface area contributed by atoms with Gasteiger partial charge in [0.05, 0.1) is 24.1 Å². The van der Waals surface area contributed by atoms with Gasteiger partial charge < -0.3 is 14.5 Å². The Balaban J connectivity index is 1.67. The molecule has 2 atom stereocenters. The Morgan fingerprint density at radius 3 is 2.39 bits per heavy atom. The Bertz CT molecular complexity index is 1030. The molecule has 3 heterocycles. The maximum absolute atomic E-state index is 12.9. The molecule has 3 aromatic rings. The summed E-state index contributed by atoms with van der Waals surface area (Å²) in [6, 6.07) is 8.27. The monoisotopic (exact) mass is 399 g/mol. The second-order valence-corrected chi connectivity index (χ2v) is 8.54. The molecule has 2 aromatic heterocycles. The molecular weight excluding hydrogens is 374 g/mol. The normalized spacial score (nSPS) is 20.3. The minimum atomic E-state index is -0.0781. The van der Waals surface area contributed by atoms with Crippen LogP contribution in [-0.2, 0) is 16.0 Å². The van der Waals surface area contributed by atoms with Crippen LogP contribution in [0.2, 0.25) is 0 Å². The molecule has 1 fully saturated rings. The maximum Gasteiger partial charge on any atom is 0.260 e. The number of likely N-dealkylation sites (tertiary alicyclic amines) is 1. The first-order valence-corrected chi connectivity index (χ1v) is 10.2. The molecule has 1 aromatic carbocycles. The highest BCUT2D eigenvalue weighted by Gasteiger charge is 2.33. The fourth-order valence-corrected chi connectivity index (χ4v) is 4.98. The summed E-state index contributed by atoms with van der Waals surface area (Å²) in [5, 5.41) is 0.682.